The van der Waals surface area contributed by atoms with E-state index in [2.05, 4.69) is 4.98 Å². The molecule has 0 spiro atoms. The minimum absolute atomic E-state index is 0.126. The van der Waals surface area contributed by atoms with Crippen molar-refractivity contribution in [2.45, 2.75) is 19.9 Å². The van der Waals surface area contributed by atoms with Crippen LogP contribution in [0.25, 0.3) is 10.8 Å². The molecule has 2 aromatic carbocycles. The van der Waals surface area contributed by atoms with Gasteiger partial charge in [0.25, 0.3) is 5.91 Å². The lowest BCUT2D eigenvalue weighted by Crippen LogP contribution is -2.31. The van der Waals surface area contributed by atoms with Gasteiger partial charge in [0.1, 0.15) is 0 Å². The number of aliphatic hydroxyl groups excluding tert-OH is 1. The molecule has 4 rings (SSSR count). The Kier molecular flexibility index (Phi) is 4.43. The third-order valence-corrected chi connectivity index (χ3v) is 5.02. The van der Waals surface area contributed by atoms with Crippen molar-refractivity contribution in [2.75, 3.05) is 4.90 Å². The van der Waals surface area contributed by atoms with E-state index in [4.69, 9.17) is 0 Å². The predicted molar refractivity (Wildman–Crippen MR) is 108 cm³/mol. The number of rotatable bonds is 4. The first-order valence-corrected chi connectivity index (χ1v) is 9.19. The third-order valence-electron chi connectivity index (χ3n) is 5.02. The Morgan fingerprint density at radius 3 is 2.54 bits per heavy atom. The molecule has 0 bridgehead atoms. The van der Waals surface area contributed by atoms with Gasteiger partial charge in [-0.15, -0.1) is 0 Å². The van der Waals surface area contributed by atoms with Crippen LogP contribution < -0.4 is 4.90 Å². The van der Waals surface area contributed by atoms with Gasteiger partial charge in [0, 0.05) is 23.7 Å². The highest BCUT2D eigenvalue weighted by atomic mass is 16.3. The van der Waals surface area contributed by atoms with E-state index in [-0.39, 0.29) is 17.3 Å². The number of benzene rings is 2. The summed E-state index contributed by atoms with van der Waals surface area (Å²) in [4.78, 5) is 31.7. The summed E-state index contributed by atoms with van der Waals surface area (Å²) >= 11 is 0. The molecule has 140 valence electrons. The van der Waals surface area contributed by atoms with E-state index in [9.17, 15) is 14.7 Å². The average molecular weight is 372 g/mol. The Bertz CT molecular complexity index is 1100. The van der Waals surface area contributed by atoms with Gasteiger partial charge in [-0.1, -0.05) is 56.3 Å². The molecule has 28 heavy (non-hydrogen) atoms. The topological polar surface area (TPSA) is 70.5 Å². The molecule has 3 aromatic rings. The molecular formula is C23H20N2O3. The van der Waals surface area contributed by atoms with Crippen molar-refractivity contribution in [1.29, 1.82) is 0 Å². The third kappa shape index (κ3) is 2.76. The zero-order chi connectivity index (χ0) is 19.8. The zero-order valence-corrected chi connectivity index (χ0v) is 15.7. The van der Waals surface area contributed by atoms with Gasteiger partial charge in [0.05, 0.1) is 17.3 Å². The number of Topliss-reactive ketones (excluding diaryl/α,β-unsaturated/α-hetero) is 1. The summed E-state index contributed by atoms with van der Waals surface area (Å²) in [5.74, 6) is -1.66. The van der Waals surface area contributed by atoms with Crippen molar-refractivity contribution >= 4 is 28.2 Å². The molecule has 0 saturated heterocycles. The van der Waals surface area contributed by atoms with Crippen LogP contribution in [0, 0.1) is 5.92 Å². The van der Waals surface area contributed by atoms with Crippen molar-refractivity contribution in [2.24, 2.45) is 5.92 Å². The van der Waals surface area contributed by atoms with E-state index >= 15 is 0 Å². The second-order valence-corrected chi connectivity index (χ2v) is 7.14. The summed E-state index contributed by atoms with van der Waals surface area (Å²) in [6.45, 7) is 3.52. The Balaban J connectivity index is 1.96. The molecule has 1 aromatic heterocycles. The van der Waals surface area contributed by atoms with Gasteiger partial charge < -0.3 is 5.11 Å². The van der Waals surface area contributed by atoms with Gasteiger partial charge in [-0.25, -0.2) is 0 Å². The second-order valence-electron chi connectivity index (χ2n) is 7.14. The van der Waals surface area contributed by atoms with Crippen LogP contribution in [0.15, 0.2) is 78.3 Å². The minimum atomic E-state index is -0.720. The monoisotopic (exact) mass is 372 g/mol. The number of fused-ring (bicyclic) bond motifs is 1. The van der Waals surface area contributed by atoms with Crippen LogP contribution in [0.1, 0.15) is 25.5 Å². The number of carbonyl (C=O) groups excluding carboxylic acids is 2. The molecular weight excluding hydrogens is 352 g/mol. The molecule has 1 aliphatic rings. The van der Waals surface area contributed by atoms with Gasteiger partial charge in [0.2, 0.25) is 0 Å². The maximum absolute atomic E-state index is 13.1. The van der Waals surface area contributed by atoms with Crippen LogP contribution in [0.2, 0.25) is 0 Å². The molecule has 0 saturated carbocycles. The quantitative estimate of drug-likeness (QED) is 0.739. The number of amides is 1. The number of hydrogen-bond acceptors (Lipinski definition) is 4. The second kappa shape index (κ2) is 6.93. The van der Waals surface area contributed by atoms with Crippen molar-refractivity contribution in [3.63, 3.8) is 0 Å². The molecule has 0 fully saturated rings. The number of pyridine rings is 1. The van der Waals surface area contributed by atoms with Crippen molar-refractivity contribution < 1.29 is 14.7 Å². The molecule has 1 N–H and O–H groups in total. The molecule has 0 aliphatic carbocycles. The largest absolute Gasteiger partial charge is 0.503 e. The zero-order valence-electron chi connectivity index (χ0n) is 15.7. The van der Waals surface area contributed by atoms with E-state index in [1.54, 1.807) is 32.3 Å². The van der Waals surface area contributed by atoms with Gasteiger partial charge in [-0.3, -0.25) is 19.5 Å². The number of aromatic nitrogens is 1. The highest BCUT2D eigenvalue weighted by Gasteiger charge is 2.45. The number of nitrogens with zero attached hydrogens (tertiary/aromatic N) is 2. The molecule has 1 atom stereocenters. The van der Waals surface area contributed by atoms with Crippen LogP contribution in [0.4, 0.5) is 5.69 Å². The SMILES string of the molecule is CC(C)C(=O)C1=C(O)C(=O)N(c2cccc3ccccc23)C1c1cccnc1. The lowest BCUT2D eigenvalue weighted by atomic mass is 9.91. The minimum Gasteiger partial charge on any atom is -0.503 e. The predicted octanol–water partition coefficient (Wildman–Crippen LogP) is 4.36. The number of hydrogen-bond donors (Lipinski definition) is 1. The highest BCUT2D eigenvalue weighted by Crippen LogP contribution is 2.43. The van der Waals surface area contributed by atoms with E-state index in [0.29, 0.717) is 11.3 Å². The summed E-state index contributed by atoms with van der Waals surface area (Å²) < 4.78 is 0. The maximum atomic E-state index is 13.1. The molecule has 1 amide bonds. The number of ketones is 1. The normalized spacial score (nSPS) is 17.0. The Labute approximate surface area is 162 Å². The van der Waals surface area contributed by atoms with Gasteiger partial charge in [-0.05, 0) is 23.1 Å². The first-order valence-electron chi connectivity index (χ1n) is 9.19. The van der Waals surface area contributed by atoms with Crippen LogP contribution >= 0.6 is 0 Å². The number of carbonyl (C=O) groups is 2. The van der Waals surface area contributed by atoms with Gasteiger partial charge in [-0.2, -0.15) is 0 Å². The Morgan fingerprint density at radius 2 is 1.82 bits per heavy atom. The van der Waals surface area contributed by atoms with E-state index < -0.39 is 17.7 Å². The molecule has 5 nitrogen and oxygen atoms in total. The average Bonchev–Trinajstić information content (AvgIpc) is 2.98. The Morgan fingerprint density at radius 1 is 1.07 bits per heavy atom. The van der Waals surface area contributed by atoms with Crippen molar-refractivity contribution in [3.05, 3.63) is 83.9 Å². The highest BCUT2D eigenvalue weighted by molar-refractivity contribution is 6.19. The standard InChI is InChI=1S/C23H20N2O3/c1-14(2)21(26)19-20(16-9-6-12-24-13-16)25(23(28)22(19)27)18-11-5-8-15-7-3-4-10-17(15)18/h3-14,20,27H,1-2H3. The Hall–Kier alpha value is -3.47. The van der Waals surface area contributed by atoms with Crippen LogP contribution in [0.5, 0.6) is 0 Å². The van der Waals surface area contributed by atoms with E-state index in [1.807, 2.05) is 48.5 Å². The molecule has 2 heterocycles. The first kappa shape index (κ1) is 17.9. The molecule has 1 aliphatic heterocycles. The number of aliphatic hydroxyl groups is 1. The molecule has 1 unspecified atom stereocenters. The summed E-state index contributed by atoms with van der Waals surface area (Å²) in [6, 6.07) is 16.2. The van der Waals surface area contributed by atoms with Crippen LogP contribution in [0.3, 0.4) is 0 Å². The van der Waals surface area contributed by atoms with Crippen LogP contribution in [-0.2, 0) is 9.59 Å². The van der Waals surface area contributed by atoms with Gasteiger partial charge >= 0.3 is 0 Å². The van der Waals surface area contributed by atoms with Crippen LogP contribution in [-0.4, -0.2) is 21.8 Å². The fraction of sp³-hybridized carbons (Fsp3) is 0.174. The summed E-state index contributed by atoms with van der Waals surface area (Å²) in [6.07, 6.45) is 3.26. The smallest absolute Gasteiger partial charge is 0.294 e. The fourth-order valence-electron chi connectivity index (χ4n) is 3.69. The van der Waals surface area contributed by atoms with Gasteiger partial charge in [0.15, 0.2) is 11.5 Å². The fourth-order valence-corrected chi connectivity index (χ4v) is 3.69. The summed E-state index contributed by atoms with van der Waals surface area (Å²) in [7, 11) is 0. The summed E-state index contributed by atoms with van der Waals surface area (Å²) in [5, 5.41) is 12.5. The number of anilines is 1. The lowest BCUT2D eigenvalue weighted by molar-refractivity contribution is -0.119. The lowest BCUT2D eigenvalue weighted by Gasteiger charge is -2.28. The molecule has 0 radical (unpaired) electrons. The van der Waals surface area contributed by atoms with E-state index in [0.717, 1.165) is 10.8 Å². The van der Waals surface area contributed by atoms with E-state index in [1.165, 1.54) is 4.90 Å². The van der Waals surface area contributed by atoms with Crippen molar-refractivity contribution in [3.8, 4) is 0 Å². The van der Waals surface area contributed by atoms with Crippen molar-refractivity contribution in [1.82, 2.24) is 4.98 Å². The first-order chi connectivity index (χ1) is 13.5. The molecule has 5 heteroatoms. The summed E-state index contributed by atoms with van der Waals surface area (Å²) in [5.41, 5.74) is 1.45. The maximum Gasteiger partial charge on any atom is 0.294 e.